The van der Waals surface area contributed by atoms with Gasteiger partial charge in [0.2, 0.25) is 0 Å². The predicted octanol–water partition coefficient (Wildman–Crippen LogP) is 3.78. The van der Waals surface area contributed by atoms with E-state index in [-0.39, 0.29) is 0 Å². The first kappa shape index (κ1) is 10.6. The summed E-state index contributed by atoms with van der Waals surface area (Å²) in [6, 6.07) is 14.2. The van der Waals surface area contributed by atoms with Crippen LogP contribution in [0.4, 0.5) is 0 Å². The summed E-state index contributed by atoms with van der Waals surface area (Å²) in [4.78, 5) is 11.0. The first-order valence-corrected chi connectivity index (χ1v) is 5.33. The second kappa shape index (κ2) is 4.31. The lowest BCUT2D eigenvalue weighted by molar-refractivity contribution is 0.112. The molecule has 0 atom stereocenters. The summed E-state index contributed by atoms with van der Waals surface area (Å²) >= 11 is 0. The van der Waals surface area contributed by atoms with Crippen LogP contribution in [0.2, 0.25) is 0 Å². The van der Waals surface area contributed by atoms with Crippen LogP contribution in [0.3, 0.4) is 0 Å². The van der Waals surface area contributed by atoms with Crippen molar-refractivity contribution in [1.82, 2.24) is 0 Å². The van der Waals surface area contributed by atoms with Gasteiger partial charge in [-0.2, -0.15) is 0 Å². The van der Waals surface area contributed by atoms with Crippen molar-refractivity contribution in [1.29, 1.82) is 0 Å². The normalized spacial score (nSPS) is 10.1. The molecule has 0 radical (unpaired) electrons. The lowest BCUT2D eigenvalue weighted by atomic mass is 9.98. The smallest absolute Gasteiger partial charge is 0.150 e. The van der Waals surface area contributed by atoms with E-state index >= 15 is 0 Å². The van der Waals surface area contributed by atoms with Gasteiger partial charge in [0, 0.05) is 5.56 Å². The third-order valence-corrected chi connectivity index (χ3v) is 2.70. The summed E-state index contributed by atoms with van der Waals surface area (Å²) in [5.41, 5.74) is 5.18. The Morgan fingerprint density at radius 2 is 1.50 bits per heavy atom. The number of benzene rings is 2. The van der Waals surface area contributed by atoms with E-state index in [0.29, 0.717) is 0 Å². The molecule has 0 amide bonds. The molecule has 0 spiro atoms. The molecule has 0 aliphatic heterocycles. The van der Waals surface area contributed by atoms with Gasteiger partial charge >= 0.3 is 0 Å². The fraction of sp³-hybridized carbons (Fsp3) is 0.133. The zero-order valence-corrected chi connectivity index (χ0v) is 9.53. The van der Waals surface area contributed by atoms with E-state index in [1.165, 1.54) is 5.56 Å². The molecule has 0 N–H and O–H groups in total. The van der Waals surface area contributed by atoms with Gasteiger partial charge in [0.1, 0.15) is 0 Å². The second-order valence-electron chi connectivity index (χ2n) is 4.07. The molecule has 0 unspecified atom stereocenters. The van der Waals surface area contributed by atoms with Crippen molar-refractivity contribution in [3.05, 3.63) is 59.2 Å². The molecule has 2 rings (SSSR count). The molecule has 2 aromatic carbocycles. The summed E-state index contributed by atoms with van der Waals surface area (Å²) in [6.07, 6.45) is 0.919. The number of rotatable bonds is 2. The van der Waals surface area contributed by atoms with Crippen molar-refractivity contribution in [2.24, 2.45) is 0 Å². The summed E-state index contributed by atoms with van der Waals surface area (Å²) in [6.45, 7) is 4.05. The molecule has 0 bridgehead atoms. The van der Waals surface area contributed by atoms with E-state index < -0.39 is 0 Å². The van der Waals surface area contributed by atoms with Crippen LogP contribution in [-0.4, -0.2) is 6.29 Å². The van der Waals surface area contributed by atoms with Crippen LogP contribution >= 0.6 is 0 Å². The molecule has 80 valence electrons. The Morgan fingerprint density at radius 1 is 0.875 bits per heavy atom. The van der Waals surface area contributed by atoms with E-state index in [2.05, 4.69) is 19.1 Å². The van der Waals surface area contributed by atoms with E-state index in [1.807, 2.05) is 37.3 Å². The number of carbonyl (C=O) groups excluding carboxylic acids is 1. The SMILES string of the molecule is Cc1ccc(-c2ccc(C)cc2C=O)cc1. The highest BCUT2D eigenvalue weighted by atomic mass is 16.1. The van der Waals surface area contributed by atoms with Gasteiger partial charge in [0.15, 0.2) is 6.29 Å². The van der Waals surface area contributed by atoms with Crippen LogP contribution in [-0.2, 0) is 0 Å². The molecule has 2 aromatic rings. The fourth-order valence-corrected chi connectivity index (χ4v) is 1.78. The summed E-state index contributed by atoms with van der Waals surface area (Å²) < 4.78 is 0. The van der Waals surface area contributed by atoms with Crippen molar-refractivity contribution in [3.8, 4) is 11.1 Å². The first-order valence-electron chi connectivity index (χ1n) is 5.33. The third-order valence-electron chi connectivity index (χ3n) is 2.70. The van der Waals surface area contributed by atoms with E-state index in [9.17, 15) is 4.79 Å². The molecule has 0 aliphatic rings. The average molecular weight is 210 g/mol. The van der Waals surface area contributed by atoms with Gasteiger partial charge in [0.05, 0.1) is 0 Å². The van der Waals surface area contributed by atoms with E-state index in [4.69, 9.17) is 0 Å². The Morgan fingerprint density at radius 3 is 2.12 bits per heavy atom. The van der Waals surface area contributed by atoms with Gasteiger partial charge in [-0.1, -0.05) is 47.5 Å². The highest BCUT2D eigenvalue weighted by molar-refractivity contribution is 5.87. The second-order valence-corrected chi connectivity index (χ2v) is 4.07. The highest BCUT2D eigenvalue weighted by Crippen LogP contribution is 2.23. The van der Waals surface area contributed by atoms with Crippen molar-refractivity contribution in [2.75, 3.05) is 0 Å². The van der Waals surface area contributed by atoms with Crippen LogP contribution in [0, 0.1) is 13.8 Å². The van der Waals surface area contributed by atoms with Crippen molar-refractivity contribution >= 4 is 6.29 Å². The zero-order chi connectivity index (χ0) is 11.5. The Hall–Kier alpha value is -1.89. The molecule has 0 heterocycles. The van der Waals surface area contributed by atoms with Gasteiger partial charge in [-0.3, -0.25) is 4.79 Å². The van der Waals surface area contributed by atoms with Crippen LogP contribution in [0.25, 0.3) is 11.1 Å². The monoisotopic (exact) mass is 210 g/mol. The molecule has 0 saturated heterocycles. The Balaban J connectivity index is 2.55. The van der Waals surface area contributed by atoms with Gasteiger partial charge < -0.3 is 0 Å². The fourth-order valence-electron chi connectivity index (χ4n) is 1.78. The number of hydrogen-bond donors (Lipinski definition) is 0. The molecular weight excluding hydrogens is 196 g/mol. The van der Waals surface area contributed by atoms with Crippen LogP contribution in [0.5, 0.6) is 0 Å². The summed E-state index contributed by atoms with van der Waals surface area (Å²) in [7, 11) is 0. The minimum Gasteiger partial charge on any atom is -0.298 e. The Labute approximate surface area is 95.7 Å². The topological polar surface area (TPSA) is 17.1 Å². The van der Waals surface area contributed by atoms with Crippen LogP contribution < -0.4 is 0 Å². The number of hydrogen-bond acceptors (Lipinski definition) is 1. The van der Waals surface area contributed by atoms with Gasteiger partial charge in [-0.25, -0.2) is 0 Å². The molecule has 0 fully saturated rings. The molecular formula is C15H14O. The van der Waals surface area contributed by atoms with Crippen LogP contribution in [0.15, 0.2) is 42.5 Å². The maximum absolute atomic E-state index is 11.0. The minimum atomic E-state index is 0.754. The average Bonchev–Trinajstić information content (AvgIpc) is 2.30. The molecule has 1 nitrogen and oxygen atoms in total. The van der Waals surface area contributed by atoms with Gasteiger partial charge in [0.25, 0.3) is 0 Å². The molecule has 0 aliphatic carbocycles. The molecule has 0 saturated carbocycles. The van der Waals surface area contributed by atoms with E-state index in [0.717, 1.165) is 28.5 Å². The highest BCUT2D eigenvalue weighted by Gasteiger charge is 2.04. The largest absolute Gasteiger partial charge is 0.298 e. The van der Waals surface area contributed by atoms with Gasteiger partial charge in [-0.15, -0.1) is 0 Å². The number of aryl methyl sites for hydroxylation is 2. The zero-order valence-electron chi connectivity index (χ0n) is 9.53. The summed E-state index contributed by atoms with van der Waals surface area (Å²) in [5.74, 6) is 0. The predicted molar refractivity (Wildman–Crippen MR) is 66.7 cm³/mol. The standard InChI is InChI=1S/C15H14O/c1-11-3-6-13(7-4-11)15-8-5-12(2)9-14(15)10-16/h3-10H,1-2H3. The van der Waals surface area contributed by atoms with Crippen molar-refractivity contribution in [2.45, 2.75) is 13.8 Å². The maximum atomic E-state index is 11.0. The van der Waals surface area contributed by atoms with Crippen LogP contribution in [0.1, 0.15) is 21.5 Å². The summed E-state index contributed by atoms with van der Waals surface area (Å²) in [5, 5.41) is 0. The maximum Gasteiger partial charge on any atom is 0.150 e. The lowest BCUT2D eigenvalue weighted by Crippen LogP contribution is -1.88. The number of aldehydes is 1. The van der Waals surface area contributed by atoms with E-state index in [1.54, 1.807) is 0 Å². The quantitative estimate of drug-likeness (QED) is 0.689. The Bertz CT molecular complexity index is 509. The van der Waals surface area contributed by atoms with Crippen molar-refractivity contribution < 1.29 is 4.79 Å². The van der Waals surface area contributed by atoms with Gasteiger partial charge in [-0.05, 0) is 31.0 Å². The number of carbonyl (C=O) groups is 1. The lowest BCUT2D eigenvalue weighted by Gasteiger charge is -2.06. The molecule has 1 heteroatoms. The molecule has 0 aromatic heterocycles. The third kappa shape index (κ3) is 2.03. The Kier molecular flexibility index (Phi) is 2.86. The molecule has 16 heavy (non-hydrogen) atoms. The van der Waals surface area contributed by atoms with Crippen molar-refractivity contribution in [3.63, 3.8) is 0 Å². The minimum absolute atomic E-state index is 0.754. The first-order chi connectivity index (χ1) is 7.70.